The van der Waals surface area contributed by atoms with E-state index in [1.807, 2.05) is 0 Å². The van der Waals surface area contributed by atoms with Gasteiger partial charge in [-0.3, -0.25) is 14.3 Å². The number of carbonyl (C=O) groups excluding carboxylic acids is 2. The Hall–Kier alpha value is -2.65. The predicted octanol–water partition coefficient (Wildman–Crippen LogP) is 7.92. The van der Waals surface area contributed by atoms with Crippen molar-refractivity contribution >= 4 is 17.5 Å². The number of amides is 2. The molecule has 0 heterocycles. The Morgan fingerprint density at radius 3 is 1.62 bits per heavy atom. The fourth-order valence-electron chi connectivity index (χ4n) is 3.29. The highest BCUT2D eigenvalue weighted by atomic mass is 19.4. The van der Waals surface area contributed by atoms with Crippen molar-refractivity contribution < 1.29 is 62.6 Å². The largest absolute Gasteiger partial charge is 0.462 e. The first-order valence-corrected chi connectivity index (χ1v) is 12.3. The van der Waals surface area contributed by atoms with Crippen LogP contribution in [0.5, 0.6) is 0 Å². The minimum Gasteiger partial charge on any atom is -0.352 e. The molecule has 0 bridgehead atoms. The second-order valence-corrected chi connectivity index (χ2v) is 8.90. The Labute approximate surface area is 222 Å². The van der Waals surface area contributed by atoms with Crippen molar-refractivity contribution in [2.45, 2.75) is 94.9 Å². The molecule has 1 aromatic carbocycles. The monoisotopic (exact) mass is 602 g/mol. The van der Waals surface area contributed by atoms with E-state index in [2.05, 4.69) is 17.0 Å². The number of hydrogen-bond acceptors (Lipinski definition) is 3. The zero-order valence-electron chi connectivity index (χ0n) is 21.3. The molecule has 1 unspecified atom stereocenters. The van der Waals surface area contributed by atoms with Crippen molar-refractivity contribution in [2.24, 2.45) is 0 Å². The van der Waals surface area contributed by atoms with Crippen LogP contribution in [0.4, 0.5) is 54.0 Å². The topological polar surface area (TPSA) is 67.4 Å². The highest BCUT2D eigenvalue weighted by molar-refractivity contribution is 5.98. The lowest BCUT2D eigenvalue weighted by molar-refractivity contribution is -0.472. The number of nitrogens with one attached hydrogen (secondary N) is 2. The van der Waals surface area contributed by atoms with Crippen LogP contribution in [0.3, 0.4) is 0 Å². The Balaban J connectivity index is 2.74. The number of benzene rings is 1. The second kappa shape index (κ2) is 14.3. The van der Waals surface area contributed by atoms with Crippen LogP contribution in [-0.2, 0) is 9.53 Å². The van der Waals surface area contributed by atoms with E-state index in [4.69, 9.17) is 0 Å². The van der Waals surface area contributed by atoms with Gasteiger partial charge >= 0.3 is 30.2 Å². The van der Waals surface area contributed by atoms with Crippen molar-refractivity contribution in [3.8, 4) is 0 Å². The third kappa shape index (κ3) is 9.47. The molecule has 0 aliphatic rings. The fraction of sp³-hybridized carbons (Fsp3) is 0.667. The number of ether oxygens (including phenoxy) is 1. The van der Waals surface area contributed by atoms with Crippen LogP contribution in [-0.4, -0.2) is 48.6 Å². The average molecular weight is 602 g/mol. The van der Waals surface area contributed by atoms with Gasteiger partial charge in [0.05, 0.1) is 0 Å². The molecule has 0 aliphatic carbocycles. The van der Waals surface area contributed by atoms with Gasteiger partial charge in [-0.1, -0.05) is 58.3 Å². The van der Waals surface area contributed by atoms with Gasteiger partial charge in [0, 0.05) is 17.8 Å². The molecule has 0 saturated carbocycles. The highest BCUT2D eigenvalue weighted by Crippen LogP contribution is 2.51. The summed E-state index contributed by atoms with van der Waals surface area (Å²) in [5, 5.41) is 3.68. The van der Waals surface area contributed by atoms with Gasteiger partial charge in [-0.15, -0.1) is 0 Å². The number of unbranched alkanes of at least 4 members (excludes halogenated alkanes) is 8. The van der Waals surface area contributed by atoms with Gasteiger partial charge in [-0.05, 0) is 30.7 Å². The van der Waals surface area contributed by atoms with Crippen LogP contribution in [0.2, 0.25) is 0 Å². The first kappa shape index (κ1) is 35.4. The number of hydrogen-bond donors (Lipinski definition) is 2. The first-order chi connectivity index (χ1) is 18.3. The SMILES string of the molecule is CCCCCCCCCCCNC(=O)c1ccc(NC(=O)C(F)(OC(F)(F)C(F)(F)C(F)(F)F)C(F)(F)F)cc1. The van der Waals surface area contributed by atoms with Crippen molar-refractivity contribution in [3.63, 3.8) is 0 Å². The Morgan fingerprint density at radius 1 is 0.700 bits per heavy atom. The Morgan fingerprint density at radius 2 is 1.18 bits per heavy atom. The van der Waals surface area contributed by atoms with Gasteiger partial charge in [0.15, 0.2) is 0 Å². The Bertz CT molecular complexity index is 951. The van der Waals surface area contributed by atoms with Crippen LogP contribution in [0, 0.1) is 0 Å². The molecule has 1 rings (SSSR count). The molecule has 0 spiro atoms. The molecule has 230 valence electrons. The minimum absolute atomic E-state index is 0.0659. The molecule has 0 radical (unpaired) electrons. The molecule has 1 atom stereocenters. The van der Waals surface area contributed by atoms with E-state index in [0.717, 1.165) is 68.1 Å². The number of halogens is 11. The molecule has 2 amide bonds. The molecule has 2 N–H and O–H groups in total. The summed E-state index contributed by atoms with van der Waals surface area (Å²) in [4.78, 5) is 24.0. The second-order valence-electron chi connectivity index (χ2n) is 8.90. The van der Waals surface area contributed by atoms with E-state index in [-0.39, 0.29) is 5.56 Å². The summed E-state index contributed by atoms with van der Waals surface area (Å²) >= 11 is 0. The zero-order chi connectivity index (χ0) is 30.8. The van der Waals surface area contributed by atoms with Gasteiger partial charge in [-0.25, -0.2) is 0 Å². The predicted molar refractivity (Wildman–Crippen MR) is 122 cm³/mol. The molecular formula is C24H29F11N2O3. The van der Waals surface area contributed by atoms with Crippen LogP contribution >= 0.6 is 0 Å². The van der Waals surface area contributed by atoms with E-state index in [1.54, 1.807) is 0 Å². The summed E-state index contributed by atoms with van der Waals surface area (Å²) in [6.07, 6.45) is -11.7. The van der Waals surface area contributed by atoms with E-state index in [0.29, 0.717) is 13.0 Å². The lowest BCUT2D eigenvalue weighted by Crippen LogP contribution is -2.62. The van der Waals surface area contributed by atoms with E-state index >= 15 is 0 Å². The van der Waals surface area contributed by atoms with Crippen molar-refractivity contribution in [3.05, 3.63) is 29.8 Å². The summed E-state index contributed by atoms with van der Waals surface area (Å²) in [6, 6.07) is 3.37. The number of rotatable bonds is 16. The molecular weight excluding hydrogens is 573 g/mol. The zero-order valence-corrected chi connectivity index (χ0v) is 21.3. The van der Waals surface area contributed by atoms with Crippen molar-refractivity contribution in [1.82, 2.24) is 5.32 Å². The maximum Gasteiger partial charge on any atom is 0.462 e. The molecule has 40 heavy (non-hydrogen) atoms. The van der Waals surface area contributed by atoms with Crippen LogP contribution in [0.1, 0.15) is 75.1 Å². The van der Waals surface area contributed by atoms with E-state index < -0.39 is 47.7 Å². The van der Waals surface area contributed by atoms with Gasteiger partial charge in [0.25, 0.3) is 11.8 Å². The minimum atomic E-state index is -7.29. The Kier molecular flexibility index (Phi) is 12.7. The summed E-state index contributed by atoms with van der Waals surface area (Å²) < 4.78 is 145. The maximum absolute atomic E-state index is 14.3. The molecule has 0 aromatic heterocycles. The number of anilines is 1. The summed E-state index contributed by atoms with van der Waals surface area (Å²) in [5.74, 6) is -17.4. The quantitative estimate of drug-likeness (QED) is 0.149. The first-order valence-electron chi connectivity index (χ1n) is 12.3. The van der Waals surface area contributed by atoms with Crippen molar-refractivity contribution in [2.75, 3.05) is 11.9 Å². The molecule has 0 saturated heterocycles. The van der Waals surface area contributed by atoms with Gasteiger partial charge < -0.3 is 10.6 Å². The molecule has 0 fully saturated rings. The molecule has 16 heteroatoms. The normalized spacial score (nSPS) is 14.5. The van der Waals surface area contributed by atoms with Crippen LogP contribution in [0.25, 0.3) is 0 Å². The molecule has 0 aliphatic heterocycles. The average Bonchev–Trinajstić information content (AvgIpc) is 2.83. The van der Waals surface area contributed by atoms with E-state index in [9.17, 15) is 57.9 Å². The third-order valence-electron chi connectivity index (χ3n) is 5.62. The van der Waals surface area contributed by atoms with Gasteiger partial charge in [-0.2, -0.15) is 48.3 Å². The van der Waals surface area contributed by atoms with Gasteiger partial charge in [0.2, 0.25) is 0 Å². The summed E-state index contributed by atoms with van der Waals surface area (Å²) in [5.41, 5.74) is -0.815. The van der Waals surface area contributed by atoms with Crippen molar-refractivity contribution in [1.29, 1.82) is 0 Å². The van der Waals surface area contributed by atoms with Crippen LogP contribution < -0.4 is 10.6 Å². The standard InChI is InChI=1S/C24H29F11N2O3/c1-2-3-4-5-6-7-8-9-10-15-36-18(38)16-11-13-17(14-12-16)37-19(39)20(25,22(28,29)30)40-24(34,35)21(26,27)23(31,32)33/h11-14H,2-10,15H2,1H3,(H,36,38)(H,37,39). The summed E-state index contributed by atoms with van der Waals surface area (Å²) in [6.45, 7) is 2.43. The van der Waals surface area contributed by atoms with Gasteiger partial charge in [0.1, 0.15) is 0 Å². The summed E-state index contributed by atoms with van der Waals surface area (Å²) in [7, 11) is 0. The van der Waals surface area contributed by atoms with E-state index in [1.165, 1.54) is 12.8 Å². The number of carbonyl (C=O) groups is 2. The third-order valence-corrected chi connectivity index (χ3v) is 5.62. The molecule has 5 nitrogen and oxygen atoms in total. The lowest BCUT2D eigenvalue weighted by Gasteiger charge is -2.34. The maximum atomic E-state index is 14.3. The fourth-order valence-corrected chi connectivity index (χ4v) is 3.29. The lowest BCUT2D eigenvalue weighted by atomic mass is 10.1. The highest BCUT2D eigenvalue weighted by Gasteiger charge is 2.79. The number of alkyl halides is 11. The van der Waals surface area contributed by atoms with Crippen LogP contribution in [0.15, 0.2) is 24.3 Å². The smallest absolute Gasteiger partial charge is 0.352 e. The molecule has 1 aromatic rings.